The zero-order valence-corrected chi connectivity index (χ0v) is 19.4. The van der Waals surface area contributed by atoms with Crippen LogP contribution in [0.25, 0.3) is 21.7 Å². The molecule has 0 radical (unpaired) electrons. The molecule has 4 nitrogen and oxygen atoms in total. The van der Waals surface area contributed by atoms with Gasteiger partial charge in [0.15, 0.2) is 0 Å². The van der Waals surface area contributed by atoms with Crippen molar-refractivity contribution in [3.8, 4) is 27.8 Å². The maximum Gasteiger partial charge on any atom is 0.115 e. The van der Waals surface area contributed by atoms with E-state index >= 15 is 0 Å². The summed E-state index contributed by atoms with van der Waals surface area (Å²) >= 11 is 8.92. The first-order chi connectivity index (χ1) is 15.6. The summed E-state index contributed by atoms with van der Waals surface area (Å²) in [6.45, 7) is 0.382. The van der Waals surface area contributed by atoms with E-state index in [0.717, 1.165) is 27.4 Å². The third kappa shape index (κ3) is 5.50. The SMILES string of the molecule is N#Cc1c(-c2ccccc2)cc(-c2cccs2)nc1SC[C@H](O)CNc1ccc(Cl)cc1. The molecule has 0 amide bonds. The second-order valence-corrected chi connectivity index (χ2v) is 9.44. The summed E-state index contributed by atoms with van der Waals surface area (Å²) in [5.74, 6) is 0.407. The smallest absolute Gasteiger partial charge is 0.115 e. The fourth-order valence-electron chi connectivity index (χ4n) is 3.17. The summed E-state index contributed by atoms with van der Waals surface area (Å²) in [7, 11) is 0. The van der Waals surface area contributed by atoms with Gasteiger partial charge in [0.05, 0.1) is 22.2 Å². The molecule has 0 aliphatic carbocycles. The number of nitrogens with zero attached hydrogens (tertiary/aromatic N) is 2. The Balaban J connectivity index is 1.56. The summed E-state index contributed by atoms with van der Waals surface area (Å²) in [6.07, 6.45) is -0.616. The van der Waals surface area contributed by atoms with Crippen LogP contribution in [0.4, 0.5) is 5.69 Å². The summed E-state index contributed by atoms with van der Waals surface area (Å²) in [5, 5.41) is 27.0. The second-order valence-electron chi connectivity index (χ2n) is 7.04. The lowest BCUT2D eigenvalue weighted by molar-refractivity contribution is 0.213. The Hall–Kier alpha value is -2.82. The first kappa shape index (κ1) is 22.4. The number of thiophene rings is 1. The molecule has 0 aliphatic heterocycles. The van der Waals surface area contributed by atoms with Gasteiger partial charge in [-0.05, 0) is 47.3 Å². The zero-order chi connectivity index (χ0) is 22.3. The van der Waals surface area contributed by atoms with Gasteiger partial charge in [0.25, 0.3) is 0 Å². The number of pyridine rings is 1. The lowest BCUT2D eigenvalue weighted by Gasteiger charge is -2.15. The van der Waals surface area contributed by atoms with E-state index < -0.39 is 6.10 Å². The number of aliphatic hydroxyl groups excluding tert-OH is 1. The molecule has 0 saturated heterocycles. The topological polar surface area (TPSA) is 68.9 Å². The summed E-state index contributed by atoms with van der Waals surface area (Å²) in [6, 6.07) is 25.5. The van der Waals surface area contributed by atoms with Crippen molar-refractivity contribution in [2.75, 3.05) is 17.6 Å². The molecule has 0 unspecified atom stereocenters. The molecule has 2 N–H and O–H groups in total. The van der Waals surface area contributed by atoms with Crippen LogP contribution < -0.4 is 5.32 Å². The van der Waals surface area contributed by atoms with Crippen LogP contribution in [-0.4, -0.2) is 28.5 Å². The van der Waals surface area contributed by atoms with Crippen LogP contribution in [-0.2, 0) is 0 Å². The third-order valence-corrected chi connectivity index (χ3v) is 7.02. The van der Waals surface area contributed by atoms with Gasteiger partial charge in [-0.3, -0.25) is 0 Å². The van der Waals surface area contributed by atoms with Gasteiger partial charge in [-0.15, -0.1) is 23.1 Å². The predicted molar refractivity (Wildman–Crippen MR) is 134 cm³/mol. The van der Waals surface area contributed by atoms with Gasteiger partial charge in [0, 0.05) is 28.6 Å². The van der Waals surface area contributed by atoms with Crippen LogP contribution in [0.2, 0.25) is 5.02 Å². The van der Waals surface area contributed by atoms with Crippen LogP contribution in [0.5, 0.6) is 0 Å². The molecule has 1 atom stereocenters. The number of benzene rings is 2. The Kier molecular flexibility index (Phi) is 7.46. The van der Waals surface area contributed by atoms with Crippen LogP contribution in [0.15, 0.2) is 83.2 Å². The minimum atomic E-state index is -0.616. The predicted octanol–water partition coefficient (Wildman–Crippen LogP) is 6.57. The second kappa shape index (κ2) is 10.7. The van der Waals surface area contributed by atoms with Crippen molar-refractivity contribution in [1.82, 2.24) is 4.98 Å². The number of hydrogen-bond donors (Lipinski definition) is 2. The highest BCUT2D eigenvalue weighted by atomic mass is 35.5. The highest BCUT2D eigenvalue weighted by Crippen LogP contribution is 2.35. The van der Waals surface area contributed by atoms with Gasteiger partial charge < -0.3 is 10.4 Å². The van der Waals surface area contributed by atoms with Crippen molar-refractivity contribution in [1.29, 1.82) is 5.26 Å². The Morgan fingerprint density at radius 3 is 2.56 bits per heavy atom. The van der Waals surface area contributed by atoms with E-state index in [9.17, 15) is 10.4 Å². The minimum Gasteiger partial charge on any atom is -0.390 e. The highest BCUT2D eigenvalue weighted by molar-refractivity contribution is 7.99. The Morgan fingerprint density at radius 2 is 1.88 bits per heavy atom. The van der Waals surface area contributed by atoms with Crippen molar-refractivity contribution in [3.05, 3.63) is 88.8 Å². The molecule has 160 valence electrons. The number of aliphatic hydroxyl groups is 1. The third-order valence-electron chi connectivity index (χ3n) is 4.75. The number of hydrogen-bond acceptors (Lipinski definition) is 6. The van der Waals surface area contributed by atoms with Crippen LogP contribution in [0.3, 0.4) is 0 Å². The van der Waals surface area contributed by atoms with Gasteiger partial charge in [0.1, 0.15) is 11.1 Å². The van der Waals surface area contributed by atoms with Crippen molar-refractivity contribution in [2.45, 2.75) is 11.1 Å². The average molecular weight is 478 g/mol. The Labute approximate surface area is 200 Å². The lowest BCUT2D eigenvalue weighted by Crippen LogP contribution is -2.22. The van der Waals surface area contributed by atoms with E-state index in [1.807, 2.05) is 66.0 Å². The molecule has 32 heavy (non-hydrogen) atoms. The van der Waals surface area contributed by atoms with Crippen LogP contribution in [0.1, 0.15) is 5.56 Å². The normalized spacial score (nSPS) is 11.7. The number of halogens is 1. The summed E-state index contributed by atoms with van der Waals surface area (Å²) < 4.78 is 0. The molecular weight excluding hydrogens is 458 g/mol. The van der Waals surface area contributed by atoms with E-state index in [4.69, 9.17) is 16.6 Å². The summed E-state index contributed by atoms with van der Waals surface area (Å²) in [5.41, 5.74) is 4.06. The van der Waals surface area contributed by atoms with Crippen molar-refractivity contribution in [3.63, 3.8) is 0 Å². The number of nitrogens with one attached hydrogen (secondary N) is 1. The lowest BCUT2D eigenvalue weighted by atomic mass is 10.0. The van der Waals surface area contributed by atoms with Crippen molar-refractivity contribution >= 4 is 40.4 Å². The number of nitriles is 1. The minimum absolute atomic E-state index is 0.382. The number of rotatable bonds is 8. The highest BCUT2D eigenvalue weighted by Gasteiger charge is 2.17. The molecule has 0 saturated carbocycles. The van der Waals surface area contributed by atoms with Gasteiger partial charge in [-0.1, -0.05) is 48.0 Å². The molecule has 4 aromatic rings. The first-order valence-electron chi connectivity index (χ1n) is 9.99. The zero-order valence-electron chi connectivity index (χ0n) is 17.0. The van der Waals surface area contributed by atoms with Crippen molar-refractivity contribution in [2.24, 2.45) is 0 Å². The maximum absolute atomic E-state index is 10.5. The largest absolute Gasteiger partial charge is 0.390 e. The molecule has 0 fully saturated rings. The molecule has 0 spiro atoms. The number of aromatic nitrogens is 1. The Morgan fingerprint density at radius 1 is 1.09 bits per heavy atom. The van der Waals surface area contributed by atoms with Gasteiger partial charge in [0.2, 0.25) is 0 Å². The van der Waals surface area contributed by atoms with Crippen molar-refractivity contribution < 1.29 is 5.11 Å². The summed E-state index contributed by atoms with van der Waals surface area (Å²) in [4.78, 5) is 5.82. The van der Waals surface area contributed by atoms with E-state index in [0.29, 0.717) is 27.9 Å². The standard InChI is InChI=1S/C25H20ClN3OS2/c26-18-8-10-19(11-9-18)28-15-20(30)16-32-25-22(14-27)21(17-5-2-1-3-6-17)13-23(29-25)24-7-4-12-31-24/h1-13,20,28,30H,15-16H2/t20-/m1/s1. The molecule has 4 rings (SSSR count). The molecule has 7 heteroatoms. The van der Waals surface area contributed by atoms with E-state index in [-0.39, 0.29) is 0 Å². The molecule has 2 aromatic carbocycles. The van der Waals surface area contributed by atoms with Gasteiger partial charge in [-0.25, -0.2) is 4.98 Å². The van der Waals surface area contributed by atoms with Crippen LogP contribution >= 0.6 is 34.7 Å². The number of thioether (sulfide) groups is 1. The maximum atomic E-state index is 10.5. The average Bonchev–Trinajstić information content (AvgIpc) is 3.37. The van der Waals surface area contributed by atoms with E-state index in [2.05, 4.69) is 11.4 Å². The molecule has 2 aromatic heterocycles. The molecule has 0 aliphatic rings. The van der Waals surface area contributed by atoms with Gasteiger partial charge in [-0.2, -0.15) is 5.26 Å². The molecular formula is C25H20ClN3OS2. The molecule has 2 heterocycles. The molecule has 0 bridgehead atoms. The monoisotopic (exact) mass is 477 g/mol. The Bertz CT molecular complexity index is 1210. The number of anilines is 1. The van der Waals surface area contributed by atoms with E-state index in [1.165, 1.54) is 11.8 Å². The fraction of sp³-hybridized carbons (Fsp3) is 0.120. The van der Waals surface area contributed by atoms with Crippen LogP contribution in [0, 0.1) is 11.3 Å². The first-order valence-corrected chi connectivity index (χ1v) is 12.2. The van der Waals surface area contributed by atoms with E-state index in [1.54, 1.807) is 23.5 Å². The quantitative estimate of drug-likeness (QED) is 0.281. The fourth-order valence-corrected chi connectivity index (χ4v) is 4.91. The van der Waals surface area contributed by atoms with Gasteiger partial charge >= 0.3 is 0 Å².